The van der Waals surface area contributed by atoms with E-state index >= 15 is 0 Å². The van der Waals surface area contributed by atoms with Crippen LogP contribution in [0.1, 0.15) is 25.0 Å². The molecule has 2 heteroatoms. The summed E-state index contributed by atoms with van der Waals surface area (Å²) in [6.07, 6.45) is 6.78. The molecule has 3 N–H and O–H groups in total. The normalized spacial score (nSPS) is 10.3. The lowest BCUT2D eigenvalue weighted by Crippen LogP contribution is -1.98. The van der Waals surface area contributed by atoms with Gasteiger partial charge in [0.25, 0.3) is 0 Å². The first kappa shape index (κ1) is 8.34. The second kappa shape index (κ2) is 4.97. The van der Waals surface area contributed by atoms with Crippen LogP contribution in [0.5, 0.6) is 0 Å². The van der Waals surface area contributed by atoms with E-state index in [0.29, 0.717) is 0 Å². The highest BCUT2D eigenvalue weighted by atomic mass is 14.7. The zero-order chi connectivity index (χ0) is 7.94. The van der Waals surface area contributed by atoms with Gasteiger partial charge >= 0.3 is 0 Å². The fraction of sp³-hybridized carbons (Fsp3) is 0.556. The molecule has 1 heterocycles. The van der Waals surface area contributed by atoms with E-state index in [9.17, 15) is 0 Å². The van der Waals surface area contributed by atoms with Crippen LogP contribution in [-0.2, 0) is 6.42 Å². The lowest BCUT2D eigenvalue weighted by Gasteiger charge is -1.96. The van der Waals surface area contributed by atoms with Crippen LogP contribution in [0, 0.1) is 0 Å². The lowest BCUT2D eigenvalue weighted by molar-refractivity contribution is 0.681. The second-order valence-corrected chi connectivity index (χ2v) is 2.79. The highest BCUT2D eigenvalue weighted by Crippen LogP contribution is 2.02. The molecule has 1 aromatic heterocycles. The summed E-state index contributed by atoms with van der Waals surface area (Å²) in [5.41, 5.74) is 6.72. The number of rotatable bonds is 5. The highest BCUT2D eigenvalue weighted by molar-refractivity contribution is 5.03. The molecular formula is C9H16N2. The van der Waals surface area contributed by atoms with E-state index in [4.69, 9.17) is 5.73 Å². The van der Waals surface area contributed by atoms with Crippen LogP contribution in [0.15, 0.2) is 18.3 Å². The zero-order valence-corrected chi connectivity index (χ0v) is 6.84. The minimum atomic E-state index is 0.824. The molecule has 1 rings (SSSR count). The highest BCUT2D eigenvalue weighted by Gasteiger charge is 1.91. The second-order valence-electron chi connectivity index (χ2n) is 2.79. The molecular weight excluding hydrogens is 136 g/mol. The third-order valence-electron chi connectivity index (χ3n) is 1.81. The molecule has 0 aliphatic rings. The standard InChI is InChI=1S/C9H16N2/c10-7-3-1-2-5-9-6-4-8-11-9/h4,6,8,11H,1-3,5,7,10H2. The van der Waals surface area contributed by atoms with Gasteiger partial charge in [-0.3, -0.25) is 0 Å². The predicted octanol–water partition coefficient (Wildman–Crippen LogP) is 1.69. The van der Waals surface area contributed by atoms with Crippen molar-refractivity contribution in [2.75, 3.05) is 6.54 Å². The number of aromatic amines is 1. The number of unbranched alkanes of at least 4 members (excludes halogenated alkanes) is 2. The summed E-state index contributed by atoms with van der Waals surface area (Å²) in [6.45, 7) is 0.824. The minimum absolute atomic E-state index is 0.824. The van der Waals surface area contributed by atoms with Crippen molar-refractivity contribution in [1.82, 2.24) is 4.98 Å². The first-order valence-corrected chi connectivity index (χ1v) is 4.26. The predicted molar refractivity (Wildman–Crippen MR) is 47.4 cm³/mol. The molecule has 0 saturated heterocycles. The molecule has 0 atom stereocenters. The summed E-state index contributed by atoms with van der Waals surface area (Å²) in [4.78, 5) is 3.18. The summed E-state index contributed by atoms with van der Waals surface area (Å²) < 4.78 is 0. The maximum absolute atomic E-state index is 5.38. The molecule has 0 bridgehead atoms. The first-order chi connectivity index (χ1) is 5.43. The monoisotopic (exact) mass is 152 g/mol. The lowest BCUT2D eigenvalue weighted by atomic mass is 10.1. The summed E-state index contributed by atoms with van der Waals surface area (Å²) in [6, 6.07) is 4.17. The van der Waals surface area contributed by atoms with Gasteiger partial charge in [0.15, 0.2) is 0 Å². The molecule has 0 radical (unpaired) electrons. The van der Waals surface area contributed by atoms with Crippen molar-refractivity contribution in [3.05, 3.63) is 24.0 Å². The number of hydrogen-bond acceptors (Lipinski definition) is 1. The molecule has 0 spiro atoms. The Morgan fingerprint density at radius 2 is 2.18 bits per heavy atom. The van der Waals surface area contributed by atoms with Gasteiger partial charge in [-0.2, -0.15) is 0 Å². The molecule has 0 saturated carbocycles. The van der Waals surface area contributed by atoms with Gasteiger partial charge in [0.1, 0.15) is 0 Å². The van der Waals surface area contributed by atoms with Crippen LogP contribution >= 0.6 is 0 Å². The molecule has 0 aromatic carbocycles. The molecule has 0 fully saturated rings. The molecule has 2 nitrogen and oxygen atoms in total. The van der Waals surface area contributed by atoms with Crippen molar-refractivity contribution in [3.63, 3.8) is 0 Å². The Morgan fingerprint density at radius 3 is 2.82 bits per heavy atom. The van der Waals surface area contributed by atoms with Crippen LogP contribution in [0.25, 0.3) is 0 Å². The van der Waals surface area contributed by atoms with Crippen molar-refractivity contribution in [1.29, 1.82) is 0 Å². The number of H-pyrrole nitrogens is 1. The number of aromatic nitrogens is 1. The Hall–Kier alpha value is -0.760. The van der Waals surface area contributed by atoms with Crippen LogP contribution in [0.2, 0.25) is 0 Å². The largest absolute Gasteiger partial charge is 0.365 e. The quantitative estimate of drug-likeness (QED) is 0.619. The smallest absolute Gasteiger partial charge is 0.0147 e. The molecule has 11 heavy (non-hydrogen) atoms. The van der Waals surface area contributed by atoms with Gasteiger partial charge in [0.2, 0.25) is 0 Å². The van der Waals surface area contributed by atoms with E-state index in [1.165, 1.54) is 18.5 Å². The van der Waals surface area contributed by atoms with Crippen molar-refractivity contribution in [3.8, 4) is 0 Å². The van der Waals surface area contributed by atoms with E-state index in [0.717, 1.165) is 19.4 Å². The van der Waals surface area contributed by atoms with Gasteiger partial charge in [0, 0.05) is 11.9 Å². The summed E-state index contributed by atoms with van der Waals surface area (Å²) >= 11 is 0. The van der Waals surface area contributed by atoms with Gasteiger partial charge in [-0.05, 0) is 37.9 Å². The van der Waals surface area contributed by atoms with Crippen molar-refractivity contribution < 1.29 is 0 Å². The fourth-order valence-corrected chi connectivity index (χ4v) is 1.16. The Balaban J connectivity index is 2.04. The number of nitrogens with two attached hydrogens (primary N) is 1. The van der Waals surface area contributed by atoms with Gasteiger partial charge in [-0.25, -0.2) is 0 Å². The van der Waals surface area contributed by atoms with Gasteiger partial charge in [-0.1, -0.05) is 6.42 Å². The molecule has 0 unspecified atom stereocenters. The van der Waals surface area contributed by atoms with E-state index in [1.54, 1.807) is 0 Å². The van der Waals surface area contributed by atoms with E-state index < -0.39 is 0 Å². The van der Waals surface area contributed by atoms with Gasteiger partial charge in [0.05, 0.1) is 0 Å². The molecule has 0 aliphatic heterocycles. The average molecular weight is 152 g/mol. The topological polar surface area (TPSA) is 41.8 Å². The Labute approximate surface area is 67.8 Å². The Kier molecular flexibility index (Phi) is 3.76. The molecule has 1 aromatic rings. The maximum Gasteiger partial charge on any atom is 0.0147 e. The fourth-order valence-electron chi connectivity index (χ4n) is 1.16. The average Bonchev–Trinajstić information content (AvgIpc) is 2.50. The van der Waals surface area contributed by atoms with Crippen LogP contribution < -0.4 is 5.73 Å². The SMILES string of the molecule is NCCCCCc1ccc[nH]1. The van der Waals surface area contributed by atoms with Crippen LogP contribution in [0.3, 0.4) is 0 Å². The van der Waals surface area contributed by atoms with Crippen molar-refractivity contribution >= 4 is 0 Å². The zero-order valence-electron chi connectivity index (χ0n) is 6.84. The third-order valence-corrected chi connectivity index (χ3v) is 1.81. The molecule has 0 aliphatic carbocycles. The molecule has 62 valence electrons. The van der Waals surface area contributed by atoms with Gasteiger partial charge < -0.3 is 10.7 Å². The van der Waals surface area contributed by atoms with Crippen molar-refractivity contribution in [2.45, 2.75) is 25.7 Å². The van der Waals surface area contributed by atoms with Crippen LogP contribution in [0.4, 0.5) is 0 Å². The Bertz CT molecular complexity index is 168. The maximum atomic E-state index is 5.38. The third kappa shape index (κ3) is 3.23. The van der Waals surface area contributed by atoms with E-state index in [-0.39, 0.29) is 0 Å². The Morgan fingerprint density at radius 1 is 1.27 bits per heavy atom. The van der Waals surface area contributed by atoms with Crippen LogP contribution in [-0.4, -0.2) is 11.5 Å². The number of nitrogens with one attached hydrogen (secondary N) is 1. The van der Waals surface area contributed by atoms with E-state index in [2.05, 4.69) is 11.1 Å². The number of aryl methyl sites for hydroxylation is 1. The first-order valence-electron chi connectivity index (χ1n) is 4.26. The van der Waals surface area contributed by atoms with Gasteiger partial charge in [-0.15, -0.1) is 0 Å². The number of hydrogen-bond donors (Lipinski definition) is 2. The minimum Gasteiger partial charge on any atom is -0.365 e. The summed E-state index contributed by atoms with van der Waals surface area (Å²) in [5.74, 6) is 0. The summed E-state index contributed by atoms with van der Waals surface area (Å²) in [7, 11) is 0. The van der Waals surface area contributed by atoms with E-state index in [1.807, 2.05) is 12.3 Å². The van der Waals surface area contributed by atoms with Crippen molar-refractivity contribution in [2.24, 2.45) is 5.73 Å². The molecule has 0 amide bonds. The summed E-state index contributed by atoms with van der Waals surface area (Å²) in [5, 5.41) is 0.